The van der Waals surface area contributed by atoms with Gasteiger partial charge in [-0.3, -0.25) is 9.59 Å². The molecule has 0 saturated heterocycles. The van der Waals surface area contributed by atoms with Crippen LogP contribution in [0.2, 0.25) is 10.0 Å². The van der Waals surface area contributed by atoms with Crippen molar-refractivity contribution >= 4 is 52.5 Å². The Morgan fingerprint density at radius 3 is 2.19 bits per heavy atom. The highest BCUT2D eigenvalue weighted by Gasteiger charge is 2.21. The summed E-state index contributed by atoms with van der Waals surface area (Å²) in [6.07, 6.45) is -1.24. The molecule has 3 N–H and O–H groups in total. The van der Waals surface area contributed by atoms with Crippen LogP contribution in [0, 0.1) is 5.92 Å². The Morgan fingerprint density at radius 2 is 1.58 bits per heavy atom. The van der Waals surface area contributed by atoms with E-state index in [1.807, 2.05) is 38.1 Å². The Morgan fingerprint density at radius 1 is 0.944 bits per heavy atom. The molecule has 10 heteroatoms. The van der Waals surface area contributed by atoms with Crippen LogP contribution in [0.4, 0.5) is 16.2 Å². The number of rotatable bonds is 10. The van der Waals surface area contributed by atoms with Gasteiger partial charge in [-0.25, -0.2) is 4.79 Å². The van der Waals surface area contributed by atoms with E-state index in [0.717, 1.165) is 0 Å². The minimum absolute atomic E-state index is 0.00259. The smallest absolute Gasteiger partial charge is 0.408 e. The normalized spacial score (nSPS) is 12.0. The van der Waals surface area contributed by atoms with Gasteiger partial charge in [-0.15, -0.1) is 0 Å². The van der Waals surface area contributed by atoms with Crippen molar-refractivity contribution in [2.75, 3.05) is 18.4 Å². The number of amides is 2. The number of hydrogen-bond acceptors (Lipinski definition) is 6. The highest BCUT2D eigenvalue weighted by molar-refractivity contribution is 6.39. The van der Waals surface area contributed by atoms with Crippen molar-refractivity contribution in [2.24, 2.45) is 5.92 Å². The Kier molecular flexibility index (Phi) is 10.9. The number of carbonyl (C=O) groups excluding carboxylic acids is 3. The average Bonchev–Trinajstić information content (AvgIpc) is 2.77. The van der Waals surface area contributed by atoms with Gasteiger partial charge in [0.05, 0.1) is 35.2 Å². The quantitative estimate of drug-likeness (QED) is 0.346. The third-order valence-corrected chi connectivity index (χ3v) is 5.52. The fraction of sp³-hybridized carbons (Fsp3) is 0.423. The van der Waals surface area contributed by atoms with Gasteiger partial charge in [0.15, 0.2) is 0 Å². The van der Waals surface area contributed by atoms with Crippen molar-refractivity contribution in [3.8, 4) is 0 Å². The van der Waals surface area contributed by atoms with E-state index in [-0.39, 0.29) is 25.4 Å². The molecular weight excluding hydrogens is 505 g/mol. The van der Waals surface area contributed by atoms with Crippen LogP contribution in [-0.4, -0.2) is 42.8 Å². The van der Waals surface area contributed by atoms with Crippen LogP contribution >= 0.6 is 23.2 Å². The zero-order chi connectivity index (χ0) is 26.9. The van der Waals surface area contributed by atoms with Gasteiger partial charge in [0.2, 0.25) is 5.91 Å². The maximum absolute atomic E-state index is 12.8. The van der Waals surface area contributed by atoms with Crippen LogP contribution in [-0.2, 0) is 25.5 Å². The highest BCUT2D eigenvalue weighted by Crippen LogP contribution is 2.33. The topological polar surface area (TPSA) is 106 Å². The summed E-state index contributed by atoms with van der Waals surface area (Å²) in [6, 6.07) is 12.5. The summed E-state index contributed by atoms with van der Waals surface area (Å²) in [6.45, 7) is 8.82. The van der Waals surface area contributed by atoms with Gasteiger partial charge < -0.3 is 25.4 Å². The number of para-hydroxylation sites is 2. The first-order valence-electron chi connectivity index (χ1n) is 11.6. The molecule has 2 rings (SSSR count). The van der Waals surface area contributed by atoms with E-state index >= 15 is 0 Å². The molecular formula is C26H33Cl2N3O5. The first kappa shape index (κ1) is 29.3. The molecule has 0 aliphatic rings. The standard InChI is InChI=1S/C26H33Cl2N3O5/c1-16(2)21(14-29-22(32)15-30-25(34)36-26(3,4)5)35-23(33)13-17-9-6-7-12-20(17)31-24-18(27)10-8-11-19(24)28/h6-12,16,21,31H,13-15H2,1-5H3,(H,29,32)(H,30,34). The monoisotopic (exact) mass is 537 g/mol. The zero-order valence-corrected chi connectivity index (χ0v) is 22.6. The first-order valence-corrected chi connectivity index (χ1v) is 12.3. The molecule has 0 aliphatic carbocycles. The molecule has 1 unspecified atom stereocenters. The summed E-state index contributed by atoms with van der Waals surface area (Å²) in [7, 11) is 0. The summed E-state index contributed by atoms with van der Waals surface area (Å²) >= 11 is 12.5. The fourth-order valence-electron chi connectivity index (χ4n) is 3.07. The van der Waals surface area contributed by atoms with Crippen molar-refractivity contribution in [1.82, 2.24) is 10.6 Å². The third kappa shape index (κ3) is 9.95. The van der Waals surface area contributed by atoms with Gasteiger partial charge in [0, 0.05) is 5.69 Å². The van der Waals surface area contributed by atoms with E-state index in [1.54, 1.807) is 39.0 Å². The molecule has 0 fully saturated rings. The second-order valence-electron chi connectivity index (χ2n) is 9.49. The molecule has 0 saturated carbocycles. The first-order chi connectivity index (χ1) is 16.9. The van der Waals surface area contributed by atoms with Gasteiger partial charge in [-0.05, 0) is 50.5 Å². The van der Waals surface area contributed by atoms with Crippen LogP contribution in [0.25, 0.3) is 0 Å². The number of alkyl carbamates (subject to hydrolysis) is 1. The lowest BCUT2D eigenvalue weighted by Crippen LogP contribution is -2.43. The lowest BCUT2D eigenvalue weighted by atomic mass is 10.1. The van der Waals surface area contributed by atoms with Crippen LogP contribution in [0.15, 0.2) is 42.5 Å². The predicted octanol–water partition coefficient (Wildman–Crippen LogP) is 5.49. The number of benzene rings is 2. The van der Waals surface area contributed by atoms with Crippen molar-refractivity contribution in [1.29, 1.82) is 0 Å². The molecule has 0 aliphatic heterocycles. The maximum Gasteiger partial charge on any atom is 0.408 e. The highest BCUT2D eigenvalue weighted by atomic mass is 35.5. The van der Waals surface area contributed by atoms with E-state index in [2.05, 4.69) is 16.0 Å². The maximum atomic E-state index is 12.8. The molecule has 0 heterocycles. The SMILES string of the molecule is CC(C)C(CNC(=O)CNC(=O)OC(C)(C)C)OC(=O)Cc1ccccc1Nc1c(Cl)cccc1Cl. The molecule has 2 amide bonds. The summed E-state index contributed by atoms with van der Waals surface area (Å²) in [5.41, 5.74) is 1.26. The summed E-state index contributed by atoms with van der Waals surface area (Å²) in [5.74, 6) is -0.925. The van der Waals surface area contributed by atoms with Crippen LogP contribution in [0.1, 0.15) is 40.2 Å². The number of hydrogen-bond donors (Lipinski definition) is 3. The molecule has 2 aromatic carbocycles. The van der Waals surface area contributed by atoms with Crippen LogP contribution in [0.5, 0.6) is 0 Å². The third-order valence-electron chi connectivity index (χ3n) is 4.89. The second-order valence-corrected chi connectivity index (χ2v) is 10.3. The Bertz CT molecular complexity index is 1050. The zero-order valence-electron chi connectivity index (χ0n) is 21.1. The van der Waals surface area contributed by atoms with E-state index in [1.165, 1.54) is 0 Å². The molecule has 36 heavy (non-hydrogen) atoms. The van der Waals surface area contributed by atoms with Gasteiger partial charge in [0.1, 0.15) is 11.7 Å². The van der Waals surface area contributed by atoms with Crippen molar-refractivity contribution in [3.05, 3.63) is 58.1 Å². The van der Waals surface area contributed by atoms with E-state index < -0.39 is 29.7 Å². The Hall–Kier alpha value is -2.97. The van der Waals surface area contributed by atoms with Crippen LogP contribution in [0.3, 0.4) is 0 Å². The Balaban J connectivity index is 1.94. The predicted molar refractivity (Wildman–Crippen MR) is 142 cm³/mol. The lowest BCUT2D eigenvalue weighted by Gasteiger charge is -2.23. The number of ether oxygens (including phenoxy) is 2. The second kappa shape index (κ2) is 13.4. The molecule has 2 aromatic rings. The number of anilines is 2. The fourth-order valence-corrected chi connectivity index (χ4v) is 3.56. The molecule has 196 valence electrons. The number of nitrogens with one attached hydrogen (secondary N) is 3. The van der Waals surface area contributed by atoms with Gasteiger partial charge in [-0.2, -0.15) is 0 Å². The minimum Gasteiger partial charge on any atom is -0.460 e. The lowest BCUT2D eigenvalue weighted by molar-refractivity contribution is -0.150. The largest absolute Gasteiger partial charge is 0.460 e. The summed E-state index contributed by atoms with van der Waals surface area (Å²) in [4.78, 5) is 36.6. The van der Waals surface area contributed by atoms with Gasteiger partial charge >= 0.3 is 12.1 Å². The summed E-state index contributed by atoms with van der Waals surface area (Å²) < 4.78 is 10.8. The summed E-state index contributed by atoms with van der Waals surface area (Å²) in [5, 5.41) is 9.18. The van der Waals surface area contributed by atoms with E-state index in [4.69, 9.17) is 32.7 Å². The molecule has 0 aromatic heterocycles. The van der Waals surface area contributed by atoms with Crippen LogP contribution < -0.4 is 16.0 Å². The molecule has 0 spiro atoms. The molecule has 8 nitrogen and oxygen atoms in total. The molecule has 1 atom stereocenters. The van der Waals surface area contributed by atoms with E-state index in [9.17, 15) is 14.4 Å². The molecule has 0 bridgehead atoms. The Labute approximate surface area is 222 Å². The number of carbonyl (C=O) groups is 3. The van der Waals surface area contributed by atoms with Crippen molar-refractivity contribution in [3.63, 3.8) is 0 Å². The van der Waals surface area contributed by atoms with E-state index in [0.29, 0.717) is 27.0 Å². The minimum atomic E-state index is -0.685. The van der Waals surface area contributed by atoms with Crippen molar-refractivity contribution < 1.29 is 23.9 Å². The number of halogens is 2. The van der Waals surface area contributed by atoms with Crippen molar-refractivity contribution in [2.45, 2.75) is 52.7 Å². The van der Waals surface area contributed by atoms with Gasteiger partial charge in [-0.1, -0.05) is 61.3 Å². The molecule has 0 radical (unpaired) electrons. The van der Waals surface area contributed by atoms with Gasteiger partial charge in [0.25, 0.3) is 0 Å². The number of esters is 1. The average molecular weight is 538 g/mol.